The maximum atomic E-state index is 14.3. The number of pyridine rings is 1. The average molecular weight is 452 g/mol. The fourth-order valence-electron chi connectivity index (χ4n) is 3.45. The van der Waals surface area contributed by atoms with E-state index in [-0.39, 0.29) is 12.4 Å². The maximum Gasteiger partial charge on any atom is 0.251 e. The fourth-order valence-corrected chi connectivity index (χ4v) is 3.62. The van der Waals surface area contributed by atoms with E-state index >= 15 is 0 Å². The molecule has 5 rings (SSSR count). The molecule has 3 aromatic heterocycles. The second-order valence-corrected chi connectivity index (χ2v) is 7.47. The van der Waals surface area contributed by atoms with Crippen LogP contribution in [0.25, 0.3) is 28.0 Å². The van der Waals surface area contributed by atoms with Crippen LogP contribution in [0.4, 0.5) is 13.2 Å². The van der Waals surface area contributed by atoms with Gasteiger partial charge in [0.05, 0.1) is 11.2 Å². The minimum atomic E-state index is -1.24. The van der Waals surface area contributed by atoms with Crippen LogP contribution < -0.4 is 0 Å². The van der Waals surface area contributed by atoms with Crippen LogP contribution in [-0.2, 0) is 6.42 Å². The summed E-state index contributed by atoms with van der Waals surface area (Å²) in [6, 6.07) is 10.3. The Morgan fingerprint density at radius 1 is 0.875 bits per heavy atom. The molecule has 9 heteroatoms. The third kappa shape index (κ3) is 3.58. The van der Waals surface area contributed by atoms with Crippen LogP contribution in [0, 0.1) is 17.5 Å². The number of nitrogens with zero attached hydrogens (tertiary/aromatic N) is 5. The summed E-state index contributed by atoms with van der Waals surface area (Å²) < 4.78 is 43.6. The topological polar surface area (TPSA) is 56.5 Å². The normalized spacial score (nSPS) is 11.2. The number of halogens is 4. The highest BCUT2D eigenvalue weighted by atomic mass is 35.5. The lowest BCUT2D eigenvalue weighted by molar-refractivity contribution is 0.482. The van der Waals surface area contributed by atoms with Crippen molar-refractivity contribution in [2.24, 2.45) is 0 Å². The highest BCUT2D eigenvalue weighted by Crippen LogP contribution is 2.28. The highest BCUT2D eigenvalue weighted by Gasteiger charge is 2.20. The molecule has 0 amide bonds. The van der Waals surface area contributed by atoms with Crippen LogP contribution >= 0.6 is 11.6 Å². The van der Waals surface area contributed by atoms with Crippen LogP contribution in [0.15, 0.2) is 67.3 Å². The zero-order valence-electron chi connectivity index (χ0n) is 16.3. The van der Waals surface area contributed by atoms with Gasteiger partial charge in [-0.2, -0.15) is 9.78 Å². The van der Waals surface area contributed by atoms with Gasteiger partial charge >= 0.3 is 0 Å². The van der Waals surface area contributed by atoms with Crippen molar-refractivity contribution in [3.63, 3.8) is 0 Å². The Hall–Kier alpha value is -3.78. The van der Waals surface area contributed by atoms with E-state index in [4.69, 9.17) is 11.6 Å². The number of hydrogen-bond acceptors (Lipinski definition) is 4. The van der Waals surface area contributed by atoms with E-state index in [1.54, 1.807) is 43.0 Å². The summed E-state index contributed by atoms with van der Waals surface area (Å²) in [7, 11) is 0. The van der Waals surface area contributed by atoms with Gasteiger partial charge in [-0.1, -0.05) is 17.7 Å². The van der Waals surface area contributed by atoms with Crippen LogP contribution in [-0.4, -0.2) is 24.7 Å². The minimum absolute atomic E-state index is 0.261. The van der Waals surface area contributed by atoms with E-state index in [9.17, 15) is 13.2 Å². The first-order valence-electron chi connectivity index (χ1n) is 9.53. The Bertz CT molecular complexity index is 1440. The molecule has 0 radical (unpaired) electrons. The number of fused-ring (bicyclic) bond motifs is 1. The van der Waals surface area contributed by atoms with Crippen LogP contribution in [0.3, 0.4) is 0 Å². The molecule has 0 spiro atoms. The molecule has 158 valence electrons. The fraction of sp³-hybridized carbons (Fsp3) is 0.0435. The molecule has 5 aromatic rings. The van der Waals surface area contributed by atoms with Crippen molar-refractivity contribution in [1.29, 1.82) is 0 Å². The summed E-state index contributed by atoms with van der Waals surface area (Å²) in [5.41, 5.74) is 2.12. The largest absolute Gasteiger partial charge is 0.264 e. The van der Waals surface area contributed by atoms with Gasteiger partial charge in [0.2, 0.25) is 0 Å². The molecule has 0 aliphatic carbocycles. The zero-order chi connectivity index (χ0) is 22.2. The molecule has 0 aliphatic rings. The predicted octanol–water partition coefficient (Wildman–Crippen LogP) is 5.54. The molecule has 0 N–H and O–H groups in total. The molecule has 0 saturated heterocycles. The smallest absolute Gasteiger partial charge is 0.251 e. The van der Waals surface area contributed by atoms with Crippen molar-refractivity contribution in [2.45, 2.75) is 6.42 Å². The zero-order valence-corrected chi connectivity index (χ0v) is 17.1. The Morgan fingerprint density at radius 3 is 2.41 bits per heavy atom. The van der Waals surface area contributed by atoms with Crippen molar-refractivity contribution in [2.75, 3.05) is 0 Å². The van der Waals surface area contributed by atoms with E-state index in [1.807, 2.05) is 12.1 Å². The SMILES string of the molecule is Fc1ccc(F)c(Cc2nn(-c3ncc(-c4cccnc4)cn3)c3ccc(Cl)cc23)c1F. The van der Waals surface area contributed by atoms with Gasteiger partial charge in [0.15, 0.2) is 11.6 Å². The van der Waals surface area contributed by atoms with Gasteiger partial charge in [0.1, 0.15) is 5.82 Å². The number of aromatic nitrogens is 5. The minimum Gasteiger partial charge on any atom is -0.264 e. The summed E-state index contributed by atoms with van der Waals surface area (Å²) >= 11 is 6.14. The molecule has 2 aromatic carbocycles. The summed E-state index contributed by atoms with van der Waals surface area (Å²) in [5, 5.41) is 5.45. The molecule has 3 heterocycles. The van der Waals surface area contributed by atoms with Gasteiger partial charge in [0.25, 0.3) is 5.95 Å². The maximum absolute atomic E-state index is 14.3. The van der Waals surface area contributed by atoms with Crippen molar-refractivity contribution in [3.05, 3.63) is 101 Å². The summed E-state index contributed by atoms with van der Waals surface area (Å²) in [6.07, 6.45) is 6.37. The highest BCUT2D eigenvalue weighted by molar-refractivity contribution is 6.31. The predicted molar refractivity (Wildman–Crippen MR) is 114 cm³/mol. The molecule has 0 aliphatic heterocycles. The van der Waals surface area contributed by atoms with Gasteiger partial charge in [-0.3, -0.25) is 4.98 Å². The van der Waals surface area contributed by atoms with E-state index in [0.717, 1.165) is 23.3 Å². The molecular weight excluding hydrogens is 439 g/mol. The monoisotopic (exact) mass is 451 g/mol. The van der Waals surface area contributed by atoms with Crippen molar-refractivity contribution in [3.8, 4) is 17.1 Å². The Morgan fingerprint density at radius 2 is 1.66 bits per heavy atom. The van der Waals surface area contributed by atoms with Crippen molar-refractivity contribution < 1.29 is 13.2 Å². The van der Waals surface area contributed by atoms with Crippen LogP contribution in [0.1, 0.15) is 11.3 Å². The van der Waals surface area contributed by atoms with Gasteiger partial charge in [0, 0.05) is 58.3 Å². The third-order valence-electron chi connectivity index (χ3n) is 5.02. The van der Waals surface area contributed by atoms with E-state index in [0.29, 0.717) is 21.6 Å². The molecule has 0 fully saturated rings. The number of rotatable bonds is 4. The molecule has 0 bridgehead atoms. The van der Waals surface area contributed by atoms with Crippen LogP contribution in [0.5, 0.6) is 0 Å². The number of hydrogen-bond donors (Lipinski definition) is 0. The lowest BCUT2D eigenvalue weighted by Gasteiger charge is -2.04. The summed E-state index contributed by atoms with van der Waals surface area (Å²) in [5.74, 6) is -2.97. The Balaban J connectivity index is 1.60. The average Bonchev–Trinajstić information content (AvgIpc) is 3.17. The molecule has 5 nitrogen and oxygen atoms in total. The first-order valence-corrected chi connectivity index (χ1v) is 9.91. The van der Waals surface area contributed by atoms with Gasteiger partial charge in [-0.15, -0.1) is 0 Å². The van der Waals surface area contributed by atoms with Crippen molar-refractivity contribution >= 4 is 22.5 Å². The van der Waals surface area contributed by atoms with E-state index in [2.05, 4.69) is 20.1 Å². The summed E-state index contributed by atoms with van der Waals surface area (Å²) in [4.78, 5) is 12.9. The molecule has 0 atom stereocenters. The third-order valence-corrected chi connectivity index (χ3v) is 5.26. The number of benzene rings is 2. The first-order chi connectivity index (χ1) is 15.5. The quantitative estimate of drug-likeness (QED) is 0.337. The molecule has 32 heavy (non-hydrogen) atoms. The Labute approximate surface area is 185 Å². The first kappa shape index (κ1) is 20.1. The lowest BCUT2D eigenvalue weighted by atomic mass is 10.1. The van der Waals surface area contributed by atoms with Gasteiger partial charge < -0.3 is 0 Å². The molecule has 0 unspecified atom stereocenters. The van der Waals surface area contributed by atoms with Crippen molar-refractivity contribution in [1.82, 2.24) is 24.7 Å². The summed E-state index contributed by atoms with van der Waals surface area (Å²) in [6.45, 7) is 0. The van der Waals surface area contributed by atoms with Crippen LogP contribution in [0.2, 0.25) is 5.02 Å². The Kier molecular flexibility index (Phi) is 5.07. The van der Waals surface area contributed by atoms with Gasteiger partial charge in [-0.05, 0) is 36.4 Å². The van der Waals surface area contributed by atoms with Gasteiger partial charge in [-0.25, -0.2) is 23.1 Å². The second kappa shape index (κ2) is 8.05. The van der Waals surface area contributed by atoms with E-state index in [1.165, 1.54) is 4.68 Å². The standard InChI is InChI=1S/C23H13ClF3N5/c24-15-3-6-21-17(8-15)20(9-16-18(25)4-5-19(26)22(16)27)31-32(21)23-29-11-14(12-30-23)13-2-1-7-28-10-13/h1-8,10-12H,9H2. The second-order valence-electron chi connectivity index (χ2n) is 7.03. The molecule has 0 saturated carbocycles. The molecular formula is C23H13ClF3N5. The van der Waals surface area contributed by atoms with E-state index < -0.39 is 23.0 Å². The lowest BCUT2D eigenvalue weighted by Crippen LogP contribution is -2.05.